The second kappa shape index (κ2) is 8.91. The summed E-state index contributed by atoms with van der Waals surface area (Å²) in [6.45, 7) is 9.36. The standard InChI is InChI=1S/C22H29N3O2/c1-17(2)16-27-21-10-4-18(5-11-21)22(26)23-19-6-8-20(9-7-19)25-14-12-24(3)13-15-25/h4-11,17H,12-16H2,1-3H3,(H,23,26)/p+1. The van der Waals surface area contributed by atoms with Crippen molar-refractivity contribution in [2.45, 2.75) is 13.8 Å². The van der Waals surface area contributed by atoms with Crippen LogP contribution in [-0.2, 0) is 0 Å². The van der Waals surface area contributed by atoms with Crippen LogP contribution >= 0.6 is 0 Å². The maximum Gasteiger partial charge on any atom is 0.255 e. The maximum absolute atomic E-state index is 12.4. The number of carbonyl (C=O) groups is 1. The van der Waals surface area contributed by atoms with Gasteiger partial charge in [-0.3, -0.25) is 4.79 Å². The van der Waals surface area contributed by atoms with Crippen molar-refractivity contribution in [2.75, 3.05) is 50.1 Å². The molecule has 0 atom stereocenters. The molecule has 1 amide bonds. The summed E-state index contributed by atoms with van der Waals surface area (Å²) in [6.07, 6.45) is 0. The lowest BCUT2D eigenvalue weighted by Gasteiger charge is -2.31. The molecular weight excluding hydrogens is 338 g/mol. The first-order valence-electron chi connectivity index (χ1n) is 9.72. The van der Waals surface area contributed by atoms with E-state index in [2.05, 4.69) is 43.2 Å². The fourth-order valence-corrected chi connectivity index (χ4v) is 3.07. The van der Waals surface area contributed by atoms with Crippen molar-refractivity contribution in [3.63, 3.8) is 0 Å². The molecule has 1 heterocycles. The van der Waals surface area contributed by atoms with E-state index < -0.39 is 0 Å². The first-order valence-corrected chi connectivity index (χ1v) is 9.72. The third kappa shape index (κ3) is 5.47. The molecule has 0 aliphatic carbocycles. The number of nitrogens with zero attached hydrogens (tertiary/aromatic N) is 1. The summed E-state index contributed by atoms with van der Waals surface area (Å²) in [7, 11) is 2.24. The smallest absolute Gasteiger partial charge is 0.255 e. The lowest BCUT2D eigenvalue weighted by Crippen LogP contribution is -3.12. The molecule has 2 N–H and O–H groups in total. The van der Waals surface area contributed by atoms with Gasteiger partial charge in [0, 0.05) is 16.9 Å². The van der Waals surface area contributed by atoms with Crippen LogP contribution in [0.4, 0.5) is 11.4 Å². The summed E-state index contributed by atoms with van der Waals surface area (Å²) in [5, 5.41) is 2.96. The Hall–Kier alpha value is -2.53. The van der Waals surface area contributed by atoms with E-state index in [0.29, 0.717) is 18.1 Å². The van der Waals surface area contributed by atoms with E-state index in [1.54, 1.807) is 17.0 Å². The van der Waals surface area contributed by atoms with Crippen LogP contribution in [0.2, 0.25) is 0 Å². The normalized spacial score (nSPS) is 15.0. The van der Waals surface area contributed by atoms with Crippen molar-refractivity contribution in [1.29, 1.82) is 0 Å². The van der Waals surface area contributed by atoms with Crippen molar-refractivity contribution in [2.24, 2.45) is 5.92 Å². The maximum atomic E-state index is 12.4. The zero-order valence-electron chi connectivity index (χ0n) is 16.5. The Balaban J connectivity index is 1.56. The predicted molar refractivity (Wildman–Crippen MR) is 110 cm³/mol. The van der Waals surface area contributed by atoms with Gasteiger partial charge in [0.15, 0.2) is 0 Å². The Morgan fingerprint density at radius 1 is 1.07 bits per heavy atom. The first-order chi connectivity index (χ1) is 13.0. The minimum absolute atomic E-state index is 0.110. The molecule has 0 radical (unpaired) electrons. The fraction of sp³-hybridized carbons (Fsp3) is 0.409. The third-order valence-electron chi connectivity index (χ3n) is 4.81. The number of quaternary nitrogens is 1. The van der Waals surface area contributed by atoms with Crippen LogP contribution in [0.15, 0.2) is 48.5 Å². The van der Waals surface area contributed by atoms with Crippen molar-refractivity contribution in [3.8, 4) is 5.75 Å². The number of rotatable bonds is 6. The molecule has 0 spiro atoms. The number of hydrogen-bond donors (Lipinski definition) is 2. The Morgan fingerprint density at radius 2 is 1.70 bits per heavy atom. The molecule has 5 nitrogen and oxygen atoms in total. The van der Waals surface area contributed by atoms with Gasteiger partial charge in [0.2, 0.25) is 0 Å². The van der Waals surface area contributed by atoms with Crippen LogP contribution in [0.5, 0.6) is 5.75 Å². The van der Waals surface area contributed by atoms with E-state index in [1.165, 1.54) is 5.69 Å². The van der Waals surface area contributed by atoms with Crippen LogP contribution in [0, 0.1) is 5.92 Å². The second-order valence-electron chi connectivity index (χ2n) is 7.67. The molecule has 0 unspecified atom stereocenters. The molecule has 0 saturated carbocycles. The van der Waals surface area contributed by atoms with Crippen molar-refractivity contribution < 1.29 is 14.4 Å². The molecule has 2 aromatic carbocycles. The Morgan fingerprint density at radius 3 is 2.30 bits per heavy atom. The highest BCUT2D eigenvalue weighted by Crippen LogP contribution is 2.19. The number of nitrogens with one attached hydrogen (secondary N) is 2. The van der Waals surface area contributed by atoms with Gasteiger partial charge in [-0.1, -0.05) is 13.8 Å². The van der Waals surface area contributed by atoms with Gasteiger partial charge in [0.25, 0.3) is 5.91 Å². The van der Waals surface area contributed by atoms with Gasteiger partial charge in [0.1, 0.15) is 5.75 Å². The molecule has 0 aromatic heterocycles. The molecule has 144 valence electrons. The van der Waals surface area contributed by atoms with Gasteiger partial charge in [-0.05, 0) is 54.4 Å². The zero-order valence-corrected chi connectivity index (χ0v) is 16.5. The molecular formula is C22H30N3O2+. The van der Waals surface area contributed by atoms with Gasteiger partial charge < -0.3 is 19.9 Å². The molecule has 1 aliphatic rings. The number of piperazine rings is 1. The molecule has 2 aromatic rings. The summed E-state index contributed by atoms with van der Waals surface area (Å²) in [4.78, 5) is 16.4. The van der Waals surface area contributed by atoms with Crippen LogP contribution in [-0.4, -0.2) is 45.7 Å². The lowest BCUT2D eigenvalue weighted by molar-refractivity contribution is -0.880. The summed E-state index contributed by atoms with van der Waals surface area (Å²) in [5.41, 5.74) is 2.65. The Labute approximate surface area is 161 Å². The molecule has 1 saturated heterocycles. The minimum Gasteiger partial charge on any atom is -0.493 e. The number of benzene rings is 2. The van der Waals surface area contributed by atoms with Crippen LogP contribution in [0.1, 0.15) is 24.2 Å². The largest absolute Gasteiger partial charge is 0.493 e. The minimum atomic E-state index is -0.110. The average molecular weight is 369 g/mol. The molecule has 27 heavy (non-hydrogen) atoms. The summed E-state index contributed by atoms with van der Waals surface area (Å²) >= 11 is 0. The first kappa shape index (κ1) is 19.2. The van der Waals surface area contributed by atoms with Crippen molar-refractivity contribution in [1.82, 2.24) is 0 Å². The summed E-state index contributed by atoms with van der Waals surface area (Å²) in [5.74, 6) is 1.16. The SMILES string of the molecule is CC(C)COc1ccc(C(=O)Nc2ccc(N3CC[NH+](C)CC3)cc2)cc1. The van der Waals surface area contributed by atoms with Crippen LogP contribution < -0.4 is 19.9 Å². The number of hydrogen-bond acceptors (Lipinski definition) is 3. The second-order valence-corrected chi connectivity index (χ2v) is 7.67. The van der Waals surface area contributed by atoms with Crippen LogP contribution in [0.25, 0.3) is 0 Å². The topological polar surface area (TPSA) is 46.0 Å². The molecule has 1 fully saturated rings. The molecule has 3 rings (SSSR count). The van der Waals surface area contributed by atoms with E-state index in [-0.39, 0.29) is 5.91 Å². The van der Waals surface area contributed by atoms with E-state index in [0.717, 1.165) is 37.6 Å². The average Bonchev–Trinajstić information content (AvgIpc) is 2.68. The Bertz CT molecular complexity index is 733. The van der Waals surface area contributed by atoms with Gasteiger partial charge in [0.05, 0.1) is 39.8 Å². The highest BCUT2D eigenvalue weighted by Gasteiger charge is 2.16. The number of anilines is 2. The number of carbonyl (C=O) groups excluding carboxylic acids is 1. The van der Waals surface area contributed by atoms with Crippen molar-refractivity contribution >= 4 is 17.3 Å². The van der Waals surface area contributed by atoms with E-state index in [9.17, 15) is 4.79 Å². The predicted octanol–water partition coefficient (Wildman–Crippen LogP) is 2.31. The van der Waals surface area contributed by atoms with E-state index in [1.807, 2.05) is 24.3 Å². The monoisotopic (exact) mass is 368 g/mol. The van der Waals surface area contributed by atoms with E-state index >= 15 is 0 Å². The number of amides is 1. The Kier molecular flexibility index (Phi) is 6.35. The van der Waals surface area contributed by atoms with E-state index in [4.69, 9.17) is 4.74 Å². The van der Waals surface area contributed by atoms with Crippen LogP contribution in [0.3, 0.4) is 0 Å². The number of likely N-dealkylation sites (N-methyl/N-ethyl adjacent to an activating group) is 1. The van der Waals surface area contributed by atoms with Crippen molar-refractivity contribution in [3.05, 3.63) is 54.1 Å². The molecule has 1 aliphatic heterocycles. The quantitative estimate of drug-likeness (QED) is 0.823. The van der Waals surface area contributed by atoms with Gasteiger partial charge in [-0.2, -0.15) is 0 Å². The van der Waals surface area contributed by atoms with Gasteiger partial charge in [-0.25, -0.2) is 0 Å². The third-order valence-corrected chi connectivity index (χ3v) is 4.81. The molecule has 5 heteroatoms. The number of ether oxygens (including phenoxy) is 1. The highest BCUT2D eigenvalue weighted by atomic mass is 16.5. The fourth-order valence-electron chi connectivity index (χ4n) is 3.07. The lowest BCUT2D eigenvalue weighted by atomic mass is 10.2. The summed E-state index contributed by atoms with van der Waals surface area (Å²) in [6, 6.07) is 15.4. The highest BCUT2D eigenvalue weighted by molar-refractivity contribution is 6.04. The molecule has 0 bridgehead atoms. The zero-order chi connectivity index (χ0) is 19.2. The summed E-state index contributed by atoms with van der Waals surface area (Å²) < 4.78 is 5.66. The van der Waals surface area contributed by atoms with Gasteiger partial charge in [-0.15, -0.1) is 0 Å². The van der Waals surface area contributed by atoms with Gasteiger partial charge >= 0.3 is 0 Å².